The molecule has 0 aliphatic carbocycles. The van der Waals surface area contributed by atoms with E-state index in [0.717, 1.165) is 33.3 Å². The van der Waals surface area contributed by atoms with E-state index >= 15 is 0 Å². The van der Waals surface area contributed by atoms with Crippen molar-refractivity contribution in [2.75, 3.05) is 11.5 Å². The van der Waals surface area contributed by atoms with Crippen LogP contribution in [-0.4, -0.2) is 12.5 Å². The van der Waals surface area contributed by atoms with E-state index < -0.39 is 0 Å². The lowest BCUT2D eigenvalue weighted by atomic mass is 10.1. The molecule has 4 rings (SSSR count). The van der Waals surface area contributed by atoms with Crippen LogP contribution in [0, 0.1) is 0 Å². The van der Waals surface area contributed by atoms with E-state index in [4.69, 9.17) is 16.3 Å². The van der Waals surface area contributed by atoms with Crippen LogP contribution < -0.4 is 9.64 Å². The molecule has 3 aromatic carbocycles. The number of benzene rings is 3. The normalized spacial score (nSPS) is 12.3. The molecule has 3 aromatic rings. The molecule has 0 saturated heterocycles. The molecule has 0 N–H and O–H groups in total. The molecule has 1 aliphatic rings. The topological polar surface area (TPSA) is 29.5 Å². The Labute approximate surface area is 167 Å². The van der Waals surface area contributed by atoms with Gasteiger partial charge in [-0.3, -0.25) is 9.69 Å². The van der Waals surface area contributed by atoms with E-state index in [1.165, 1.54) is 0 Å². The molecule has 0 aromatic heterocycles. The first-order valence-electron chi connectivity index (χ1n) is 8.81. The van der Waals surface area contributed by atoms with Gasteiger partial charge in [-0.05, 0) is 61.0 Å². The number of halogens is 1. The third-order valence-corrected chi connectivity index (χ3v) is 5.63. The summed E-state index contributed by atoms with van der Waals surface area (Å²) in [6.07, 6.45) is 0.945. The summed E-state index contributed by atoms with van der Waals surface area (Å²) in [4.78, 5) is 17.2. The van der Waals surface area contributed by atoms with Crippen molar-refractivity contribution in [3.63, 3.8) is 0 Å². The van der Waals surface area contributed by atoms with Crippen LogP contribution in [0.2, 0.25) is 5.02 Å². The van der Waals surface area contributed by atoms with Crippen LogP contribution in [0.1, 0.15) is 23.7 Å². The fourth-order valence-corrected chi connectivity index (χ4v) is 4.19. The van der Waals surface area contributed by atoms with E-state index in [-0.39, 0.29) is 5.91 Å². The van der Waals surface area contributed by atoms with Crippen LogP contribution in [-0.2, 0) is 0 Å². The van der Waals surface area contributed by atoms with E-state index in [0.29, 0.717) is 17.2 Å². The number of hydrogen-bond acceptors (Lipinski definition) is 3. The number of anilines is 2. The second kappa shape index (κ2) is 7.67. The standard InChI is InChI=1S/C22H18ClNO2S/c1-2-13-26-17-10-7-15(8-11-17)22(25)24-18-5-3-4-6-20(18)27-21-12-9-16(23)14-19(21)24/h3-12,14H,2,13H2,1H3. The number of fused-ring (bicyclic) bond motifs is 2. The zero-order valence-corrected chi connectivity index (χ0v) is 16.4. The molecule has 5 heteroatoms. The number of carbonyl (C=O) groups excluding carboxylic acids is 1. The Hall–Kier alpha value is -2.43. The second-order valence-corrected chi connectivity index (χ2v) is 7.72. The molecule has 0 fully saturated rings. The number of amides is 1. The van der Waals surface area contributed by atoms with Crippen LogP contribution in [0.15, 0.2) is 76.5 Å². The van der Waals surface area contributed by atoms with Gasteiger partial charge < -0.3 is 4.74 Å². The Balaban J connectivity index is 1.74. The SMILES string of the molecule is CCCOc1ccc(C(=O)N2c3ccccc3Sc3ccc(Cl)cc32)cc1. The molecule has 1 aliphatic heterocycles. The average molecular weight is 396 g/mol. The van der Waals surface area contributed by atoms with Crippen molar-refractivity contribution >= 4 is 40.6 Å². The van der Waals surface area contributed by atoms with Crippen molar-refractivity contribution < 1.29 is 9.53 Å². The molecule has 0 unspecified atom stereocenters. The highest BCUT2D eigenvalue weighted by Gasteiger charge is 2.29. The van der Waals surface area contributed by atoms with Gasteiger partial charge in [0.15, 0.2) is 0 Å². The molecule has 0 radical (unpaired) electrons. The molecule has 27 heavy (non-hydrogen) atoms. The highest BCUT2D eigenvalue weighted by molar-refractivity contribution is 7.99. The van der Waals surface area contributed by atoms with Crippen molar-refractivity contribution in [2.24, 2.45) is 0 Å². The van der Waals surface area contributed by atoms with E-state index in [9.17, 15) is 4.79 Å². The Morgan fingerprint density at radius 2 is 1.74 bits per heavy atom. The number of ether oxygens (including phenoxy) is 1. The summed E-state index contributed by atoms with van der Waals surface area (Å²) in [5, 5.41) is 0.606. The van der Waals surface area contributed by atoms with E-state index in [2.05, 4.69) is 6.92 Å². The first kappa shape index (κ1) is 18.0. The predicted molar refractivity (Wildman–Crippen MR) is 111 cm³/mol. The van der Waals surface area contributed by atoms with Crippen molar-refractivity contribution in [1.82, 2.24) is 0 Å². The maximum atomic E-state index is 13.4. The molecule has 3 nitrogen and oxygen atoms in total. The van der Waals surface area contributed by atoms with Gasteiger partial charge in [0.05, 0.1) is 18.0 Å². The summed E-state index contributed by atoms with van der Waals surface area (Å²) in [7, 11) is 0. The number of rotatable bonds is 4. The third kappa shape index (κ3) is 3.55. The van der Waals surface area contributed by atoms with Crippen molar-refractivity contribution in [3.8, 4) is 5.75 Å². The van der Waals surface area contributed by atoms with Crippen molar-refractivity contribution in [2.45, 2.75) is 23.1 Å². The lowest BCUT2D eigenvalue weighted by molar-refractivity contribution is 0.0998. The molecule has 0 bridgehead atoms. The molecule has 0 spiro atoms. The molecular weight excluding hydrogens is 378 g/mol. The van der Waals surface area contributed by atoms with Gasteiger partial charge in [0.2, 0.25) is 0 Å². The Bertz CT molecular complexity index is 988. The molecule has 1 amide bonds. The number of para-hydroxylation sites is 1. The second-order valence-electron chi connectivity index (χ2n) is 6.20. The number of hydrogen-bond donors (Lipinski definition) is 0. The average Bonchev–Trinajstić information content (AvgIpc) is 2.70. The summed E-state index contributed by atoms with van der Waals surface area (Å²) in [6.45, 7) is 2.72. The van der Waals surface area contributed by atoms with Crippen LogP contribution in [0.4, 0.5) is 11.4 Å². The lowest BCUT2D eigenvalue weighted by Crippen LogP contribution is -2.28. The van der Waals surface area contributed by atoms with Gasteiger partial charge in [-0.15, -0.1) is 0 Å². The van der Waals surface area contributed by atoms with Crippen molar-refractivity contribution in [3.05, 3.63) is 77.3 Å². The maximum absolute atomic E-state index is 13.4. The minimum Gasteiger partial charge on any atom is -0.494 e. The van der Waals surface area contributed by atoms with Crippen LogP contribution >= 0.6 is 23.4 Å². The van der Waals surface area contributed by atoms with Gasteiger partial charge in [-0.25, -0.2) is 0 Å². The summed E-state index contributed by atoms with van der Waals surface area (Å²) in [5.41, 5.74) is 2.28. The van der Waals surface area contributed by atoms with E-state index in [1.807, 2.05) is 66.7 Å². The fourth-order valence-electron chi connectivity index (χ4n) is 2.99. The maximum Gasteiger partial charge on any atom is 0.262 e. The molecule has 136 valence electrons. The first-order chi connectivity index (χ1) is 13.2. The number of carbonyl (C=O) groups is 1. The number of nitrogens with zero attached hydrogens (tertiary/aromatic N) is 1. The Morgan fingerprint density at radius 1 is 1.00 bits per heavy atom. The fraction of sp³-hybridized carbons (Fsp3) is 0.136. The zero-order valence-electron chi connectivity index (χ0n) is 14.8. The molecule has 0 saturated carbocycles. The highest BCUT2D eigenvalue weighted by Crippen LogP contribution is 2.49. The zero-order chi connectivity index (χ0) is 18.8. The summed E-state index contributed by atoms with van der Waals surface area (Å²) >= 11 is 7.87. The molecule has 1 heterocycles. The monoisotopic (exact) mass is 395 g/mol. The smallest absolute Gasteiger partial charge is 0.262 e. The van der Waals surface area contributed by atoms with Crippen LogP contribution in [0.3, 0.4) is 0 Å². The molecular formula is C22H18ClNO2S. The Kier molecular flexibility index (Phi) is 5.10. The summed E-state index contributed by atoms with van der Waals surface area (Å²) in [5.74, 6) is 0.680. The van der Waals surface area contributed by atoms with Gasteiger partial charge in [-0.1, -0.05) is 42.4 Å². The van der Waals surface area contributed by atoms with Crippen LogP contribution in [0.25, 0.3) is 0 Å². The highest BCUT2D eigenvalue weighted by atomic mass is 35.5. The lowest BCUT2D eigenvalue weighted by Gasteiger charge is -2.31. The summed E-state index contributed by atoms with van der Waals surface area (Å²) < 4.78 is 5.62. The Morgan fingerprint density at radius 3 is 2.52 bits per heavy atom. The largest absolute Gasteiger partial charge is 0.494 e. The third-order valence-electron chi connectivity index (χ3n) is 4.27. The first-order valence-corrected chi connectivity index (χ1v) is 10.0. The summed E-state index contributed by atoms with van der Waals surface area (Å²) in [6, 6.07) is 20.9. The molecule has 0 atom stereocenters. The minimum absolute atomic E-state index is 0.0895. The van der Waals surface area contributed by atoms with E-state index in [1.54, 1.807) is 16.7 Å². The van der Waals surface area contributed by atoms with Gasteiger partial charge in [0.1, 0.15) is 5.75 Å². The van der Waals surface area contributed by atoms with Crippen molar-refractivity contribution in [1.29, 1.82) is 0 Å². The van der Waals surface area contributed by atoms with Gasteiger partial charge in [0, 0.05) is 20.4 Å². The van der Waals surface area contributed by atoms with Gasteiger partial charge >= 0.3 is 0 Å². The predicted octanol–water partition coefficient (Wildman–Crippen LogP) is 6.57. The van der Waals surface area contributed by atoms with Crippen LogP contribution in [0.5, 0.6) is 5.75 Å². The quantitative estimate of drug-likeness (QED) is 0.500. The van der Waals surface area contributed by atoms with Gasteiger partial charge in [-0.2, -0.15) is 0 Å². The minimum atomic E-state index is -0.0895. The van der Waals surface area contributed by atoms with Gasteiger partial charge in [0.25, 0.3) is 5.91 Å².